The summed E-state index contributed by atoms with van der Waals surface area (Å²) in [6.45, 7) is 4.06. The summed E-state index contributed by atoms with van der Waals surface area (Å²) in [5, 5.41) is 32.3. The molecule has 1 saturated carbocycles. The Morgan fingerprint density at radius 3 is 2.81 bits per heavy atom. The highest BCUT2D eigenvalue weighted by atomic mass is 16.5. The topological polar surface area (TPSA) is 122 Å². The molecule has 0 amide bonds. The summed E-state index contributed by atoms with van der Waals surface area (Å²) in [4.78, 5) is 12.1. The van der Waals surface area contributed by atoms with Gasteiger partial charge in [0, 0.05) is 35.5 Å². The van der Waals surface area contributed by atoms with Crippen LogP contribution in [0.3, 0.4) is 0 Å². The highest BCUT2D eigenvalue weighted by molar-refractivity contribution is 5.92. The van der Waals surface area contributed by atoms with E-state index in [4.69, 9.17) is 10.00 Å². The van der Waals surface area contributed by atoms with Gasteiger partial charge < -0.3 is 9.30 Å². The van der Waals surface area contributed by atoms with Crippen molar-refractivity contribution in [3.63, 3.8) is 0 Å². The van der Waals surface area contributed by atoms with Gasteiger partial charge in [0.1, 0.15) is 0 Å². The van der Waals surface area contributed by atoms with E-state index in [0.29, 0.717) is 31.5 Å². The van der Waals surface area contributed by atoms with Gasteiger partial charge in [-0.1, -0.05) is 0 Å². The standard InChI is InChI=1S/C22H23N7O2/c1-21(2,20(30)31-3)14-28-7-4-17-18(12-25-27-19(17)28)16-11-26-29(13-16)22(5-6-23)8-15(9-22)10-24/h4,7,11-13,15H,5,8-9,14H2,1-3H3. The van der Waals surface area contributed by atoms with Crippen molar-refractivity contribution >= 4 is 17.0 Å². The van der Waals surface area contributed by atoms with Gasteiger partial charge in [-0.2, -0.15) is 20.7 Å². The van der Waals surface area contributed by atoms with Gasteiger partial charge in [0.05, 0.1) is 54.9 Å². The fourth-order valence-electron chi connectivity index (χ4n) is 4.35. The van der Waals surface area contributed by atoms with Gasteiger partial charge in [0.25, 0.3) is 0 Å². The first kappa shape index (κ1) is 20.5. The minimum Gasteiger partial charge on any atom is -0.469 e. The molecular formula is C22H23N7O2. The Morgan fingerprint density at radius 1 is 1.35 bits per heavy atom. The van der Waals surface area contributed by atoms with Crippen LogP contribution in [-0.4, -0.2) is 37.6 Å². The number of hydrogen-bond acceptors (Lipinski definition) is 7. The van der Waals surface area contributed by atoms with Crippen molar-refractivity contribution in [3.05, 3.63) is 30.9 Å². The zero-order chi connectivity index (χ0) is 22.2. The fourth-order valence-corrected chi connectivity index (χ4v) is 4.35. The number of rotatable bonds is 6. The highest BCUT2D eigenvalue weighted by Crippen LogP contribution is 2.46. The summed E-state index contributed by atoms with van der Waals surface area (Å²) in [6.07, 6.45) is 8.81. The molecule has 3 heterocycles. The molecule has 9 heteroatoms. The average molecular weight is 417 g/mol. The normalized spacial score (nSPS) is 20.6. The van der Waals surface area contributed by atoms with E-state index in [-0.39, 0.29) is 11.9 Å². The van der Waals surface area contributed by atoms with Gasteiger partial charge in [-0.05, 0) is 32.8 Å². The van der Waals surface area contributed by atoms with Gasteiger partial charge in [-0.25, -0.2) is 0 Å². The van der Waals surface area contributed by atoms with Crippen LogP contribution in [0.5, 0.6) is 0 Å². The molecule has 4 rings (SSSR count). The quantitative estimate of drug-likeness (QED) is 0.565. The number of carbonyl (C=O) groups excluding carboxylic acids is 1. The fraction of sp³-hybridized carbons (Fsp3) is 0.455. The largest absolute Gasteiger partial charge is 0.469 e. The Labute approximate surface area is 179 Å². The third kappa shape index (κ3) is 3.42. The second kappa shape index (κ2) is 7.51. The lowest BCUT2D eigenvalue weighted by Crippen LogP contribution is -2.46. The maximum absolute atomic E-state index is 12.1. The van der Waals surface area contributed by atoms with Crippen molar-refractivity contribution in [2.24, 2.45) is 11.3 Å². The molecule has 0 atom stereocenters. The summed E-state index contributed by atoms with van der Waals surface area (Å²) in [5.74, 6) is -0.332. The van der Waals surface area contributed by atoms with Crippen LogP contribution in [0, 0.1) is 34.0 Å². The monoisotopic (exact) mass is 417 g/mol. The molecule has 3 aromatic rings. The van der Waals surface area contributed by atoms with Crippen LogP contribution in [-0.2, 0) is 21.6 Å². The Kier molecular flexibility index (Phi) is 4.98. The SMILES string of the molecule is COC(=O)C(C)(C)Cn1ccc2c(-c3cnn(C4(CC#N)CC(C#N)C4)c3)cnnc21. The van der Waals surface area contributed by atoms with Crippen molar-refractivity contribution in [3.8, 4) is 23.3 Å². The molecule has 3 aromatic heterocycles. The Bertz CT molecular complexity index is 1220. The maximum atomic E-state index is 12.1. The lowest BCUT2D eigenvalue weighted by Gasteiger charge is -2.43. The number of nitrogens with zero attached hydrogens (tertiary/aromatic N) is 7. The van der Waals surface area contributed by atoms with Crippen LogP contribution >= 0.6 is 0 Å². The van der Waals surface area contributed by atoms with E-state index in [1.165, 1.54) is 7.11 Å². The molecule has 0 aliphatic heterocycles. The van der Waals surface area contributed by atoms with Gasteiger partial charge in [-0.3, -0.25) is 9.48 Å². The molecule has 0 aromatic carbocycles. The molecule has 0 saturated heterocycles. The number of carbonyl (C=O) groups is 1. The molecule has 1 aliphatic rings. The Morgan fingerprint density at radius 2 is 2.13 bits per heavy atom. The summed E-state index contributed by atoms with van der Waals surface area (Å²) in [6, 6.07) is 6.46. The molecule has 0 unspecified atom stereocenters. The van der Waals surface area contributed by atoms with Gasteiger partial charge in [-0.15, -0.1) is 5.10 Å². The first-order valence-electron chi connectivity index (χ1n) is 10.0. The average Bonchev–Trinajstić information content (AvgIpc) is 3.37. The van der Waals surface area contributed by atoms with E-state index in [1.54, 1.807) is 12.4 Å². The molecular weight excluding hydrogens is 394 g/mol. The lowest BCUT2D eigenvalue weighted by atomic mass is 9.67. The Balaban J connectivity index is 1.68. The molecule has 0 bridgehead atoms. The minimum absolute atomic E-state index is 0.0394. The van der Waals surface area contributed by atoms with Crippen LogP contribution in [0.25, 0.3) is 22.2 Å². The van der Waals surface area contributed by atoms with Crippen LogP contribution in [0.1, 0.15) is 33.1 Å². The molecule has 0 N–H and O–H groups in total. The number of hydrogen-bond donors (Lipinski definition) is 0. The van der Waals surface area contributed by atoms with E-state index in [1.807, 2.05) is 41.6 Å². The Hall–Kier alpha value is -3.72. The number of fused-ring (bicyclic) bond motifs is 1. The van der Waals surface area contributed by atoms with E-state index in [9.17, 15) is 10.1 Å². The second-order valence-corrected chi connectivity index (χ2v) is 8.78. The first-order valence-corrected chi connectivity index (χ1v) is 10.0. The minimum atomic E-state index is -0.714. The van der Waals surface area contributed by atoms with Gasteiger partial charge in [0.15, 0.2) is 5.65 Å². The van der Waals surface area contributed by atoms with E-state index >= 15 is 0 Å². The number of esters is 1. The number of nitriles is 2. The third-order valence-electron chi connectivity index (χ3n) is 6.09. The van der Waals surface area contributed by atoms with Crippen molar-refractivity contribution in [2.45, 2.75) is 45.2 Å². The van der Waals surface area contributed by atoms with Gasteiger partial charge in [0.2, 0.25) is 0 Å². The zero-order valence-corrected chi connectivity index (χ0v) is 17.7. The maximum Gasteiger partial charge on any atom is 0.313 e. The van der Waals surface area contributed by atoms with Crippen molar-refractivity contribution in [1.82, 2.24) is 24.5 Å². The first-order chi connectivity index (χ1) is 14.8. The third-order valence-corrected chi connectivity index (χ3v) is 6.09. The predicted octanol–water partition coefficient (Wildman–Crippen LogP) is 3.04. The smallest absolute Gasteiger partial charge is 0.313 e. The number of ether oxygens (including phenoxy) is 1. The second-order valence-electron chi connectivity index (χ2n) is 8.78. The molecule has 158 valence electrons. The molecule has 1 aliphatic carbocycles. The summed E-state index contributed by atoms with van der Waals surface area (Å²) in [5.41, 5.74) is 1.26. The molecule has 9 nitrogen and oxygen atoms in total. The van der Waals surface area contributed by atoms with Gasteiger partial charge >= 0.3 is 5.97 Å². The molecule has 0 radical (unpaired) electrons. The van der Waals surface area contributed by atoms with Crippen molar-refractivity contribution < 1.29 is 9.53 Å². The van der Waals surface area contributed by atoms with Crippen LogP contribution in [0.4, 0.5) is 0 Å². The van der Waals surface area contributed by atoms with E-state index in [2.05, 4.69) is 27.4 Å². The molecule has 31 heavy (non-hydrogen) atoms. The van der Waals surface area contributed by atoms with Crippen LogP contribution in [0.2, 0.25) is 0 Å². The van der Waals surface area contributed by atoms with Crippen molar-refractivity contribution in [2.75, 3.05) is 7.11 Å². The van der Waals surface area contributed by atoms with Crippen molar-refractivity contribution in [1.29, 1.82) is 10.5 Å². The molecule has 0 spiro atoms. The highest BCUT2D eigenvalue weighted by Gasteiger charge is 2.46. The number of aromatic nitrogens is 5. The predicted molar refractivity (Wildman–Crippen MR) is 111 cm³/mol. The zero-order valence-electron chi connectivity index (χ0n) is 17.7. The van der Waals surface area contributed by atoms with Crippen LogP contribution < -0.4 is 0 Å². The molecule has 1 fully saturated rings. The summed E-state index contributed by atoms with van der Waals surface area (Å²) >= 11 is 0. The summed E-state index contributed by atoms with van der Waals surface area (Å²) < 4.78 is 8.63. The van der Waals surface area contributed by atoms with E-state index < -0.39 is 11.0 Å². The van der Waals surface area contributed by atoms with Crippen LogP contribution in [0.15, 0.2) is 30.9 Å². The summed E-state index contributed by atoms with van der Waals surface area (Å²) in [7, 11) is 1.38. The lowest BCUT2D eigenvalue weighted by molar-refractivity contribution is -0.151. The number of methoxy groups -OCH3 is 1. The van der Waals surface area contributed by atoms with E-state index in [0.717, 1.165) is 16.5 Å².